The maximum Gasteiger partial charge on any atom is 0.345 e. The van der Waals surface area contributed by atoms with Crippen molar-refractivity contribution in [2.24, 2.45) is 0 Å². The fourth-order valence-electron chi connectivity index (χ4n) is 1.47. The Kier molecular flexibility index (Phi) is 3.39. The van der Waals surface area contributed by atoms with E-state index in [1.165, 1.54) is 12.4 Å². The van der Waals surface area contributed by atoms with Crippen molar-refractivity contribution in [3.05, 3.63) is 16.3 Å². The second kappa shape index (κ2) is 4.79. The molecular formula is C8H10N4O2S2. The third kappa shape index (κ3) is 2.17. The zero-order valence-electron chi connectivity index (χ0n) is 8.33. The van der Waals surface area contributed by atoms with Crippen LogP contribution in [0.15, 0.2) is 6.20 Å². The van der Waals surface area contributed by atoms with E-state index in [9.17, 15) is 10.1 Å². The second-order valence-corrected chi connectivity index (χ2v) is 5.38. The standard InChI is InChI=1S/C8H10N4O2S2/c9-3-6-5-15-2-1-11(6)8-10-4-7(16-8)12(13)14/h3-4,6,9H,1-2,5H2. The molecule has 16 heavy (non-hydrogen) atoms. The van der Waals surface area contributed by atoms with E-state index in [4.69, 9.17) is 5.41 Å². The zero-order chi connectivity index (χ0) is 11.5. The normalized spacial score (nSPS) is 20.8. The fourth-order valence-corrected chi connectivity index (χ4v) is 3.30. The van der Waals surface area contributed by atoms with Gasteiger partial charge in [0.25, 0.3) is 0 Å². The molecule has 1 aromatic heterocycles. The maximum atomic E-state index is 10.6. The number of anilines is 1. The molecule has 0 bridgehead atoms. The molecule has 1 aliphatic heterocycles. The average molecular weight is 258 g/mol. The van der Waals surface area contributed by atoms with Gasteiger partial charge in [0, 0.05) is 24.3 Å². The van der Waals surface area contributed by atoms with Gasteiger partial charge >= 0.3 is 5.00 Å². The van der Waals surface area contributed by atoms with Crippen LogP contribution >= 0.6 is 23.1 Å². The van der Waals surface area contributed by atoms with Crippen LogP contribution in [-0.4, -0.2) is 40.2 Å². The molecule has 1 aromatic rings. The summed E-state index contributed by atoms with van der Waals surface area (Å²) in [7, 11) is 0. The highest BCUT2D eigenvalue weighted by molar-refractivity contribution is 7.99. The predicted molar refractivity (Wildman–Crippen MR) is 66.0 cm³/mol. The molecule has 1 atom stereocenters. The van der Waals surface area contributed by atoms with Gasteiger partial charge in [-0.2, -0.15) is 11.8 Å². The number of hydrogen-bond donors (Lipinski definition) is 1. The highest BCUT2D eigenvalue weighted by atomic mass is 32.2. The van der Waals surface area contributed by atoms with Crippen LogP contribution in [0.2, 0.25) is 0 Å². The van der Waals surface area contributed by atoms with Crippen LogP contribution in [0.5, 0.6) is 0 Å². The van der Waals surface area contributed by atoms with Gasteiger partial charge in [-0.05, 0) is 11.3 Å². The lowest BCUT2D eigenvalue weighted by Crippen LogP contribution is -2.43. The van der Waals surface area contributed by atoms with Crippen molar-refractivity contribution in [3.63, 3.8) is 0 Å². The van der Waals surface area contributed by atoms with Crippen molar-refractivity contribution in [2.45, 2.75) is 6.04 Å². The van der Waals surface area contributed by atoms with E-state index in [1.54, 1.807) is 11.8 Å². The third-order valence-electron chi connectivity index (χ3n) is 2.26. The van der Waals surface area contributed by atoms with Crippen LogP contribution in [0.3, 0.4) is 0 Å². The summed E-state index contributed by atoms with van der Waals surface area (Å²) in [6.07, 6.45) is 2.65. The van der Waals surface area contributed by atoms with Gasteiger partial charge in [0.05, 0.1) is 11.0 Å². The van der Waals surface area contributed by atoms with Gasteiger partial charge in [0.2, 0.25) is 0 Å². The van der Waals surface area contributed by atoms with Gasteiger partial charge in [-0.25, -0.2) is 4.98 Å². The van der Waals surface area contributed by atoms with Gasteiger partial charge in [-0.15, -0.1) is 0 Å². The first-order valence-electron chi connectivity index (χ1n) is 4.67. The number of nitro groups is 1. The van der Waals surface area contributed by atoms with Crippen LogP contribution in [0.25, 0.3) is 0 Å². The minimum Gasteiger partial charge on any atom is -0.338 e. The first kappa shape index (κ1) is 11.3. The summed E-state index contributed by atoms with van der Waals surface area (Å²) in [5.74, 6) is 1.81. The summed E-state index contributed by atoms with van der Waals surface area (Å²) in [5, 5.41) is 18.6. The quantitative estimate of drug-likeness (QED) is 0.506. The molecule has 1 saturated heterocycles. The summed E-state index contributed by atoms with van der Waals surface area (Å²) in [6.45, 7) is 0.787. The van der Waals surface area contributed by atoms with Gasteiger partial charge in [-0.3, -0.25) is 10.1 Å². The van der Waals surface area contributed by atoms with E-state index in [-0.39, 0.29) is 11.0 Å². The SMILES string of the molecule is N=CC1CSCCN1c1ncc([N+](=O)[O-])s1. The lowest BCUT2D eigenvalue weighted by atomic mass is 10.3. The monoisotopic (exact) mass is 258 g/mol. The second-order valence-electron chi connectivity index (χ2n) is 3.24. The number of aromatic nitrogens is 1. The smallest absolute Gasteiger partial charge is 0.338 e. The molecule has 0 radical (unpaired) electrons. The number of nitrogens with one attached hydrogen (secondary N) is 1. The molecule has 6 nitrogen and oxygen atoms in total. The summed E-state index contributed by atoms with van der Waals surface area (Å²) in [5.41, 5.74) is 0. The van der Waals surface area contributed by atoms with Crippen molar-refractivity contribution < 1.29 is 4.92 Å². The van der Waals surface area contributed by atoms with Crippen molar-refractivity contribution in [1.29, 1.82) is 5.41 Å². The van der Waals surface area contributed by atoms with Gasteiger partial charge in [0.1, 0.15) is 6.20 Å². The van der Waals surface area contributed by atoms with Crippen molar-refractivity contribution in [3.8, 4) is 0 Å². The molecule has 86 valence electrons. The Morgan fingerprint density at radius 1 is 1.75 bits per heavy atom. The molecule has 2 heterocycles. The molecule has 1 unspecified atom stereocenters. The molecular weight excluding hydrogens is 248 g/mol. The summed E-state index contributed by atoms with van der Waals surface area (Å²) in [6, 6.07) is 0.00417. The molecule has 1 fully saturated rings. The molecule has 0 saturated carbocycles. The van der Waals surface area contributed by atoms with Crippen LogP contribution in [0.4, 0.5) is 10.1 Å². The number of nitrogens with zero attached hydrogens (tertiary/aromatic N) is 3. The third-order valence-corrected chi connectivity index (χ3v) is 4.30. The van der Waals surface area contributed by atoms with Crippen LogP contribution in [0.1, 0.15) is 0 Å². The maximum absolute atomic E-state index is 10.6. The Bertz CT molecular complexity index is 408. The molecule has 2 rings (SSSR count). The van der Waals surface area contributed by atoms with Gasteiger partial charge < -0.3 is 10.3 Å². The molecule has 1 aliphatic rings. The fraction of sp³-hybridized carbons (Fsp3) is 0.500. The highest BCUT2D eigenvalue weighted by Gasteiger charge is 2.25. The van der Waals surface area contributed by atoms with E-state index in [1.807, 2.05) is 4.90 Å². The number of thiazole rings is 1. The van der Waals surface area contributed by atoms with E-state index < -0.39 is 4.92 Å². The van der Waals surface area contributed by atoms with Crippen molar-refractivity contribution in [1.82, 2.24) is 4.98 Å². The number of rotatable bonds is 3. The lowest BCUT2D eigenvalue weighted by Gasteiger charge is -2.32. The number of thioether (sulfide) groups is 1. The molecule has 0 spiro atoms. The van der Waals surface area contributed by atoms with E-state index in [0.29, 0.717) is 5.13 Å². The van der Waals surface area contributed by atoms with E-state index in [2.05, 4.69) is 4.98 Å². The van der Waals surface area contributed by atoms with E-state index >= 15 is 0 Å². The van der Waals surface area contributed by atoms with Crippen LogP contribution in [0, 0.1) is 15.5 Å². The zero-order valence-corrected chi connectivity index (χ0v) is 9.96. The predicted octanol–water partition coefficient (Wildman–Crippen LogP) is 1.62. The summed E-state index contributed by atoms with van der Waals surface area (Å²) >= 11 is 2.86. The highest BCUT2D eigenvalue weighted by Crippen LogP contribution is 2.31. The van der Waals surface area contributed by atoms with Gasteiger partial charge in [0.15, 0.2) is 5.13 Å². The Labute approximate surface area is 100 Å². The van der Waals surface area contributed by atoms with Crippen molar-refractivity contribution in [2.75, 3.05) is 23.0 Å². The van der Waals surface area contributed by atoms with Crippen LogP contribution < -0.4 is 4.90 Å². The largest absolute Gasteiger partial charge is 0.345 e. The molecule has 0 aliphatic carbocycles. The molecule has 1 N–H and O–H groups in total. The Morgan fingerprint density at radius 3 is 3.19 bits per heavy atom. The minimum atomic E-state index is -0.431. The Balaban J connectivity index is 2.20. The topological polar surface area (TPSA) is 83.1 Å². The Hall–Kier alpha value is -1.15. The first-order valence-corrected chi connectivity index (χ1v) is 6.64. The Morgan fingerprint density at radius 2 is 2.56 bits per heavy atom. The molecule has 0 amide bonds. The molecule has 0 aromatic carbocycles. The number of hydrogen-bond acceptors (Lipinski definition) is 7. The summed E-state index contributed by atoms with van der Waals surface area (Å²) in [4.78, 5) is 16.1. The van der Waals surface area contributed by atoms with Crippen LogP contribution in [-0.2, 0) is 0 Å². The van der Waals surface area contributed by atoms with Crippen molar-refractivity contribution >= 4 is 39.4 Å². The first-order chi connectivity index (χ1) is 7.72. The summed E-state index contributed by atoms with van der Waals surface area (Å²) < 4.78 is 0. The molecule has 8 heteroatoms. The lowest BCUT2D eigenvalue weighted by molar-refractivity contribution is -0.380. The minimum absolute atomic E-state index is 0.00417. The average Bonchev–Trinajstić information content (AvgIpc) is 2.78. The van der Waals surface area contributed by atoms with E-state index in [0.717, 1.165) is 29.4 Å². The van der Waals surface area contributed by atoms with Gasteiger partial charge in [-0.1, -0.05) is 0 Å².